The number of imide groups is 1. The third kappa shape index (κ3) is 3.17. The summed E-state index contributed by atoms with van der Waals surface area (Å²) in [5.74, 6) is -0.512. The first-order chi connectivity index (χ1) is 15.2. The Morgan fingerprint density at radius 1 is 0.806 bits per heavy atom. The van der Waals surface area contributed by atoms with Crippen LogP contribution in [0.25, 0.3) is 0 Å². The molecule has 0 unspecified atom stereocenters. The fraction of sp³-hybridized carbons (Fsp3) is 0.160. The normalized spacial score (nSPS) is 20.1. The summed E-state index contributed by atoms with van der Waals surface area (Å²) in [5.41, 5.74) is 2.76. The highest BCUT2D eigenvalue weighted by atomic mass is 16.5. The summed E-state index contributed by atoms with van der Waals surface area (Å²) in [6, 6.07) is 25.4. The number of anilines is 2. The number of hydrazone groups is 1. The van der Waals surface area contributed by atoms with E-state index in [-0.39, 0.29) is 11.8 Å². The second-order valence-corrected chi connectivity index (χ2v) is 7.39. The molecule has 6 nitrogen and oxygen atoms in total. The summed E-state index contributed by atoms with van der Waals surface area (Å²) in [7, 11) is 0. The first-order valence-corrected chi connectivity index (χ1v) is 10.3. The number of carbonyl (C=O) groups is 2. The Bertz CT molecular complexity index is 1140. The van der Waals surface area contributed by atoms with E-state index in [0.29, 0.717) is 23.8 Å². The smallest absolute Gasteiger partial charge is 0.259 e. The fourth-order valence-corrected chi connectivity index (χ4v) is 4.17. The molecule has 2 atom stereocenters. The van der Waals surface area contributed by atoms with Crippen LogP contribution in [-0.2, 0) is 9.59 Å². The van der Waals surface area contributed by atoms with Crippen LogP contribution < -0.4 is 14.6 Å². The number of para-hydroxylation sites is 1. The monoisotopic (exact) mass is 411 g/mol. The quantitative estimate of drug-likeness (QED) is 0.598. The highest BCUT2D eigenvalue weighted by Crippen LogP contribution is 2.39. The minimum atomic E-state index is -0.711. The molecule has 5 rings (SSSR count). The van der Waals surface area contributed by atoms with E-state index in [1.807, 2.05) is 67.6 Å². The Balaban J connectivity index is 1.57. The van der Waals surface area contributed by atoms with Crippen molar-refractivity contribution in [3.05, 3.63) is 90.5 Å². The largest absolute Gasteiger partial charge is 0.494 e. The first kappa shape index (κ1) is 19.1. The van der Waals surface area contributed by atoms with E-state index < -0.39 is 12.0 Å². The Kier molecular flexibility index (Phi) is 4.75. The lowest BCUT2D eigenvalue weighted by atomic mass is 9.93. The van der Waals surface area contributed by atoms with Crippen LogP contribution in [0.4, 0.5) is 11.4 Å². The molecular formula is C25H21N3O3. The van der Waals surface area contributed by atoms with Gasteiger partial charge in [-0.05, 0) is 48.9 Å². The van der Waals surface area contributed by atoms with Gasteiger partial charge in [0.25, 0.3) is 5.91 Å². The van der Waals surface area contributed by atoms with Crippen molar-refractivity contribution in [3.63, 3.8) is 0 Å². The Morgan fingerprint density at radius 3 is 2.10 bits per heavy atom. The van der Waals surface area contributed by atoms with E-state index in [0.717, 1.165) is 11.3 Å². The van der Waals surface area contributed by atoms with Gasteiger partial charge in [-0.25, -0.2) is 4.90 Å². The van der Waals surface area contributed by atoms with E-state index >= 15 is 0 Å². The molecule has 0 aliphatic carbocycles. The van der Waals surface area contributed by atoms with E-state index in [4.69, 9.17) is 9.84 Å². The van der Waals surface area contributed by atoms with E-state index in [1.54, 1.807) is 29.3 Å². The second-order valence-electron chi connectivity index (χ2n) is 7.39. The molecule has 1 saturated heterocycles. The van der Waals surface area contributed by atoms with Crippen molar-refractivity contribution < 1.29 is 14.3 Å². The molecule has 0 saturated carbocycles. The number of carbonyl (C=O) groups excluding carboxylic acids is 2. The van der Waals surface area contributed by atoms with Crippen LogP contribution in [0.1, 0.15) is 12.5 Å². The van der Waals surface area contributed by atoms with Gasteiger partial charge in [0, 0.05) is 0 Å². The lowest BCUT2D eigenvalue weighted by molar-refractivity contribution is -0.121. The molecule has 0 aromatic heterocycles. The summed E-state index contributed by atoms with van der Waals surface area (Å²) >= 11 is 0. The van der Waals surface area contributed by atoms with Crippen molar-refractivity contribution in [3.8, 4) is 5.75 Å². The minimum Gasteiger partial charge on any atom is -0.494 e. The summed E-state index contributed by atoms with van der Waals surface area (Å²) in [4.78, 5) is 28.3. The van der Waals surface area contributed by atoms with Crippen molar-refractivity contribution in [1.82, 2.24) is 0 Å². The standard InChI is InChI=1S/C25H21N3O3/c1-2-31-20-15-13-18(14-16-20)27-24(29)21-22(17-9-5-3-6-10-17)26-28(23(21)25(27)30)19-11-7-4-8-12-19/h3-16,21,23H,2H2,1H3/t21-,23+/m0/s1. The van der Waals surface area contributed by atoms with Gasteiger partial charge in [-0.3, -0.25) is 14.6 Å². The van der Waals surface area contributed by atoms with Gasteiger partial charge in [0.2, 0.25) is 5.91 Å². The van der Waals surface area contributed by atoms with Gasteiger partial charge in [0.15, 0.2) is 0 Å². The summed E-state index contributed by atoms with van der Waals surface area (Å²) < 4.78 is 5.49. The highest BCUT2D eigenvalue weighted by Gasteiger charge is 2.57. The number of benzene rings is 3. The average molecular weight is 411 g/mol. The van der Waals surface area contributed by atoms with Crippen LogP contribution in [0, 0.1) is 5.92 Å². The van der Waals surface area contributed by atoms with Crippen molar-refractivity contribution in [1.29, 1.82) is 0 Å². The second kappa shape index (κ2) is 7.72. The molecule has 3 aromatic rings. The van der Waals surface area contributed by atoms with Crippen LogP contribution in [0.2, 0.25) is 0 Å². The molecule has 0 radical (unpaired) electrons. The maximum Gasteiger partial charge on any atom is 0.259 e. The van der Waals surface area contributed by atoms with Gasteiger partial charge < -0.3 is 4.74 Å². The molecule has 2 aliphatic heterocycles. The van der Waals surface area contributed by atoms with Gasteiger partial charge in [-0.1, -0.05) is 48.5 Å². The predicted molar refractivity (Wildman–Crippen MR) is 119 cm³/mol. The predicted octanol–water partition coefficient (Wildman–Crippen LogP) is 3.87. The number of hydrogen-bond donors (Lipinski definition) is 0. The third-order valence-corrected chi connectivity index (χ3v) is 5.55. The lowest BCUT2D eigenvalue weighted by Crippen LogP contribution is -2.39. The molecule has 2 heterocycles. The van der Waals surface area contributed by atoms with Crippen molar-refractivity contribution >= 4 is 28.9 Å². The molecular weight excluding hydrogens is 390 g/mol. The van der Waals surface area contributed by atoms with E-state index in [2.05, 4.69) is 0 Å². The Morgan fingerprint density at radius 2 is 1.45 bits per heavy atom. The van der Waals surface area contributed by atoms with E-state index in [1.165, 1.54) is 4.90 Å². The SMILES string of the molecule is CCOc1ccc(N2C(=O)[C@H]3C(c4ccccc4)=NN(c4ccccc4)[C@H]3C2=O)cc1. The summed E-state index contributed by atoms with van der Waals surface area (Å²) in [6.45, 7) is 2.46. The van der Waals surface area contributed by atoms with Crippen LogP contribution in [0.15, 0.2) is 90.0 Å². The third-order valence-electron chi connectivity index (χ3n) is 5.55. The Labute approximate surface area is 180 Å². The molecule has 0 spiro atoms. The fourth-order valence-electron chi connectivity index (χ4n) is 4.17. The van der Waals surface area contributed by atoms with Crippen LogP contribution in [-0.4, -0.2) is 30.2 Å². The topological polar surface area (TPSA) is 62.2 Å². The minimum absolute atomic E-state index is 0.264. The maximum atomic E-state index is 13.5. The first-order valence-electron chi connectivity index (χ1n) is 10.3. The van der Waals surface area contributed by atoms with Gasteiger partial charge in [-0.2, -0.15) is 5.10 Å². The zero-order valence-electron chi connectivity index (χ0n) is 17.0. The molecule has 3 aromatic carbocycles. The maximum absolute atomic E-state index is 13.5. The van der Waals surface area contributed by atoms with Crippen LogP contribution in [0.3, 0.4) is 0 Å². The molecule has 0 bridgehead atoms. The number of fused-ring (bicyclic) bond motifs is 1. The van der Waals surface area contributed by atoms with Crippen molar-refractivity contribution in [2.75, 3.05) is 16.5 Å². The lowest BCUT2D eigenvalue weighted by Gasteiger charge is -2.22. The zero-order valence-corrected chi connectivity index (χ0v) is 17.0. The van der Waals surface area contributed by atoms with Gasteiger partial charge in [0.05, 0.1) is 23.7 Å². The molecule has 0 N–H and O–H groups in total. The van der Waals surface area contributed by atoms with Gasteiger partial charge in [0.1, 0.15) is 17.7 Å². The molecule has 6 heteroatoms. The highest BCUT2D eigenvalue weighted by molar-refractivity contribution is 6.34. The van der Waals surface area contributed by atoms with Gasteiger partial charge in [-0.15, -0.1) is 0 Å². The van der Waals surface area contributed by atoms with Gasteiger partial charge >= 0.3 is 0 Å². The number of amides is 2. The van der Waals surface area contributed by atoms with E-state index in [9.17, 15) is 9.59 Å². The van der Waals surface area contributed by atoms with Crippen LogP contribution >= 0.6 is 0 Å². The number of ether oxygens (including phenoxy) is 1. The number of nitrogens with zero attached hydrogens (tertiary/aromatic N) is 3. The molecule has 31 heavy (non-hydrogen) atoms. The number of rotatable bonds is 5. The summed E-state index contributed by atoms with van der Waals surface area (Å²) in [6.07, 6.45) is 0. The molecule has 2 aliphatic rings. The molecule has 2 amide bonds. The Hall–Kier alpha value is -3.93. The summed E-state index contributed by atoms with van der Waals surface area (Å²) in [5, 5.41) is 6.42. The molecule has 154 valence electrons. The average Bonchev–Trinajstić information content (AvgIpc) is 3.33. The van der Waals surface area contributed by atoms with Crippen LogP contribution in [0.5, 0.6) is 5.75 Å². The van der Waals surface area contributed by atoms with Crippen molar-refractivity contribution in [2.45, 2.75) is 13.0 Å². The number of hydrogen-bond acceptors (Lipinski definition) is 5. The van der Waals surface area contributed by atoms with Crippen molar-refractivity contribution in [2.24, 2.45) is 11.0 Å². The zero-order chi connectivity index (χ0) is 21.4. The molecule has 1 fully saturated rings.